The van der Waals surface area contributed by atoms with E-state index in [2.05, 4.69) is 10.4 Å². The third-order valence-electron chi connectivity index (χ3n) is 4.68. The number of carbonyl (C=O) groups is 3. The molecular formula is C21H19F2N3O6S. The molecule has 9 nitrogen and oxygen atoms in total. The zero-order chi connectivity index (χ0) is 24.4. The van der Waals surface area contributed by atoms with Crippen LogP contribution in [0.2, 0.25) is 0 Å². The predicted octanol–water partition coefficient (Wildman–Crippen LogP) is 4.41. The second-order valence-corrected chi connectivity index (χ2v) is 8.33. The Morgan fingerprint density at radius 1 is 1.15 bits per heavy atom. The maximum absolute atomic E-state index is 13.7. The van der Waals surface area contributed by atoms with Crippen LogP contribution >= 0.6 is 11.3 Å². The molecule has 3 rings (SSSR count). The Kier molecular flexibility index (Phi) is 6.77. The fourth-order valence-corrected chi connectivity index (χ4v) is 3.87. The van der Waals surface area contributed by atoms with Gasteiger partial charge in [-0.15, -0.1) is 11.3 Å². The van der Waals surface area contributed by atoms with Crippen LogP contribution in [-0.4, -0.2) is 37.8 Å². The highest BCUT2D eigenvalue weighted by atomic mass is 32.1. The van der Waals surface area contributed by atoms with Gasteiger partial charge in [0.05, 0.1) is 11.6 Å². The van der Waals surface area contributed by atoms with Gasteiger partial charge in [0.2, 0.25) is 5.88 Å². The van der Waals surface area contributed by atoms with Gasteiger partial charge in [0.25, 0.3) is 12.3 Å². The van der Waals surface area contributed by atoms with Gasteiger partial charge in [-0.2, -0.15) is 5.10 Å². The van der Waals surface area contributed by atoms with E-state index in [4.69, 9.17) is 9.84 Å². The van der Waals surface area contributed by atoms with Crippen LogP contribution in [0.25, 0.3) is 0 Å². The minimum absolute atomic E-state index is 0.0560. The average Bonchev–Trinajstić information content (AvgIpc) is 3.28. The number of nitrogens with zero attached hydrogens (tertiary/aromatic N) is 2. The average molecular weight is 479 g/mol. The van der Waals surface area contributed by atoms with Gasteiger partial charge in [0, 0.05) is 11.9 Å². The van der Waals surface area contributed by atoms with E-state index < -0.39 is 41.6 Å². The van der Waals surface area contributed by atoms with Gasteiger partial charge in [-0.25, -0.2) is 23.1 Å². The first-order valence-electron chi connectivity index (χ1n) is 9.50. The smallest absolute Gasteiger partial charge is 0.349 e. The summed E-state index contributed by atoms with van der Waals surface area (Å²) < 4.78 is 33.9. The molecule has 1 atom stereocenters. The van der Waals surface area contributed by atoms with Crippen molar-refractivity contribution in [1.82, 2.24) is 15.1 Å². The number of nitrogens with one attached hydrogen (secondary N) is 1. The Balaban J connectivity index is 1.95. The Morgan fingerprint density at radius 3 is 2.33 bits per heavy atom. The molecule has 0 spiro atoms. The maximum atomic E-state index is 13.7. The lowest BCUT2D eigenvalue weighted by atomic mass is 10.1. The number of carboxylic acid groups (broad SMARTS) is 2. The number of alkyl halides is 2. The number of rotatable bonds is 8. The van der Waals surface area contributed by atoms with Crippen LogP contribution in [0.5, 0.6) is 11.6 Å². The van der Waals surface area contributed by atoms with Gasteiger partial charge in [-0.05, 0) is 37.6 Å². The van der Waals surface area contributed by atoms with Crippen LogP contribution in [0.3, 0.4) is 0 Å². The summed E-state index contributed by atoms with van der Waals surface area (Å²) in [4.78, 5) is 35.9. The number of halogens is 2. The second kappa shape index (κ2) is 9.36. The van der Waals surface area contributed by atoms with E-state index in [-0.39, 0.29) is 22.1 Å². The number of hydrogen-bond donors (Lipinski definition) is 3. The molecule has 0 radical (unpaired) electrons. The topological polar surface area (TPSA) is 131 Å². The molecule has 0 saturated heterocycles. The summed E-state index contributed by atoms with van der Waals surface area (Å²) >= 11 is 0.941. The van der Waals surface area contributed by atoms with Crippen LogP contribution < -0.4 is 10.1 Å². The molecule has 174 valence electrons. The zero-order valence-corrected chi connectivity index (χ0v) is 18.4. The molecule has 0 aliphatic rings. The van der Waals surface area contributed by atoms with Gasteiger partial charge < -0.3 is 20.3 Å². The van der Waals surface area contributed by atoms with E-state index >= 15 is 0 Å². The van der Waals surface area contributed by atoms with Gasteiger partial charge in [0.1, 0.15) is 11.3 Å². The summed E-state index contributed by atoms with van der Waals surface area (Å²) in [7, 11) is 1.30. The van der Waals surface area contributed by atoms with Crippen molar-refractivity contribution in [2.24, 2.45) is 7.05 Å². The Labute approximate surface area is 190 Å². The summed E-state index contributed by atoms with van der Waals surface area (Å²) in [6, 6.07) is 6.47. The molecule has 33 heavy (non-hydrogen) atoms. The number of amides is 1. The van der Waals surface area contributed by atoms with Gasteiger partial charge in [0.15, 0.2) is 10.6 Å². The van der Waals surface area contributed by atoms with E-state index in [0.29, 0.717) is 10.4 Å². The lowest BCUT2D eigenvalue weighted by molar-refractivity contribution is 0.0687. The monoisotopic (exact) mass is 479 g/mol. The number of carboxylic acids is 2. The molecule has 0 unspecified atom stereocenters. The third kappa shape index (κ3) is 5.00. The molecule has 1 aromatic carbocycles. The van der Waals surface area contributed by atoms with E-state index in [9.17, 15) is 28.3 Å². The summed E-state index contributed by atoms with van der Waals surface area (Å²) in [5, 5.41) is 24.6. The molecule has 1 amide bonds. The van der Waals surface area contributed by atoms with Crippen LogP contribution in [0.4, 0.5) is 8.78 Å². The van der Waals surface area contributed by atoms with Gasteiger partial charge >= 0.3 is 11.9 Å². The van der Waals surface area contributed by atoms with E-state index in [0.717, 1.165) is 16.0 Å². The molecule has 0 aliphatic heterocycles. The van der Waals surface area contributed by atoms with Crippen molar-refractivity contribution in [3.8, 4) is 11.6 Å². The molecule has 2 aromatic heterocycles. The molecule has 0 saturated carbocycles. The number of aromatic nitrogens is 2. The van der Waals surface area contributed by atoms with Gasteiger partial charge in [-0.3, -0.25) is 4.79 Å². The van der Waals surface area contributed by atoms with Crippen LogP contribution in [-0.2, 0) is 7.05 Å². The summed E-state index contributed by atoms with van der Waals surface area (Å²) in [6.07, 6.45) is -3.09. The van der Waals surface area contributed by atoms with Crippen molar-refractivity contribution >= 4 is 29.2 Å². The number of aryl methyl sites for hydroxylation is 2. The van der Waals surface area contributed by atoms with Crippen LogP contribution in [0.15, 0.2) is 30.3 Å². The molecule has 3 aromatic rings. The van der Waals surface area contributed by atoms with Crippen molar-refractivity contribution in [1.29, 1.82) is 0 Å². The Hall–Kier alpha value is -3.80. The quantitative estimate of drug-likeness (QED) is 0.436. The van der Waals surface area contributed by atoms with Crippen molar-refractivity contribution in [3.05, 3.63) is 62.5 Å². The first kappa shape index (κ1) is 23.9. The van der Waals surface area contributed by atoms with E-state index in [1.165, 1.54) is 37.4 Å². The minimum Gasteiger partial charge on any atom is -0.478 e. The first-order chi connectivity index (χ1) is 15.5. The zero-order valence-electron chi connectivity index (χ0n) is 17.6. The molecule has 0 bridgehead atoms. The fourth-order valence-electron chi connectivity index (χ4n) is 3.10. The second-order valence-electron chi connectivity index (χ2n) is 7.07. The lowest BCUT2D eigenvalue weighted by Crippen LogP contribution is -2.27. The summed E-state index contributed by atoms with van der Waals surface area (Å²) in [5.74, 6) is -3.71. The highest BCUT2D eigenvalue weighted by molar-refractivity contribution is 7.14. The largest absolute Gasteiger partial charge is 0.478 e. The molecule has 3 N–H and O–H groups in total. The predicted molar refractivity (Wildman–Crippen MR) is 114 cm³/mol. The molecule has 0 aliphatic carbocycles. The molecule has 0 fully saturated rings. The number of thiophene rings is 1. The maximum Gasteiger partial charge on any atom is 0.349 e. The minimum atomic E-state index is -3.09. The Bertz CT molecular complexity index is 1220. The standard InChI is InChI=1S/C21H19F2N3O6S/c1-9-8-13(16(33-9)21(30)31)32-19-14(15(17(22)23)25-26(19)3)18(27)24-10(2)11-4-6-12(7-5-11)20(28)29/h4-8,10,17H,1-3H3,(H,24,27)(H,28,29)(H,30,31)/t10-/m0/s1. The molecule has 12 heteroatoms. The van der Waals surface area contributed by atoms with Crippen LogP contribution in [0.1, 0.15) is 65.9 Å². The number of hydrogen-bond acceptors (Lipinski definition) is 6. The van der Waals surface area contributed by atoms with Crippen molar-refractivity contribution in [2.45, 2.75) is 26.3 Å². The normalized spacial score (nSPS) is 11.9. The van der Waals surface area contributed by atoms with Gasteiger partial charge in [-0.1, -0.05) is 12.1 Å². The Morgan fingerprint density at radius 2 is 1.79 bits per heavy atom. The first-order valence-corrected chi connectivity index (χ1v) is 10.3. The molecule has 2 heterocycles. The number of aromatic carboxylic acids is 2. The van der Waals surface area contributed by atoms with E-state index in [1.807, 2.05) is 0 Å². The highest BCUT2D eigenvalue weighted by Crippen LogP contribution is 2.37. The van der Waals surface area contributed by atoms with Crippen molar-refractivity contribution < 1.29 is 38.1 Å². The number of carbonyl (C=O) groups excluding carboxylic acids is 1. The van der Waals surface area contributed by atoms with Crippen molar-refractivity contribution in [2.75, 3.05) is 0 Å². The fraction of sp³-hybridized carbons (Fsp3) is 0.238. The van der Waals surface area contributed by atoms with Crippen molar-refractivity contribution in [3.63, 3.8) is 0 Å². The number of ether oxygens (including phenoxy) is 1. The number of benzene rings is 1. The third-order valence-corrected chi connectivity index (χ3v) is 5.70. The summed E-state index contributed by atoms with van der Waals surface area (Å²) in [6.45, 7) is 3.25. The van der Waals surface area contributed by atoms with E-state index in [1.54, 1.807) is 13.8 Å². The summed E-state index contributed by atoms with van der Waals surface area (Å²) in [5.41, 5.74) is -0.746. The SMILES string of the molecule is Cc1cc(Oc2c(C(=O)N[C@@H](C)c3ccc(C(=O)O)cc3)c(C(F)F)nn2C)c(C(=O)O)s1. The van der Waals surface area contributed by atoms with Crippen LogP contribution in [0, 0.1) is 6.92 Å². The lowest BCUT2D eigenvalue weighted by Gasteiger charge is -2.15. The molecular weight excluding hydrogens is 460 g/mol. The highest BCUT2D eigenvalue weighted by Gasteiger charge is 2.31.